The number of H-pyrrole nitrogens is 2. The molecule has 2 heterocycles. The first-order chi connectivity index (χ1) is 8.34. The fourth-order valence-corrected chi connectivity index (χ4v) is 2.47. The second-order valence-corrected chi connectivity index (χ2v) is 4.39. The molecule has 0 bridgehead atoms. The summed E-state index contributed by atoms with van der Waals surface area (Å²) in [5, 5.41) is 3.49. The zero-order valence-corrected chi connectivity index (χ0v) is 9.49. The lowest BCUT2D eigenvalue weighted by Gasteiger charge is -2.14. The third-order valence-electron chi connectivity index (χ3n) is 3.28. The van der Waals surface area contributed by atoms with Gasteiger partial charge in [0.2, 0.25) is 0 Å². The van der Waals surface area contributed by atoms with E-state index in [0.29, 0.717) is 6.04 Å². The van der Waals surface area contributed by atoms with Crippen LogP contribution in [0, 0.1) is 0 Å². The molecular weight excluding hydrogens is 214 g/mol. The Hall–Kier alpha value is -1.81. The Balaban J connectivity index is 2.06. The number of hydrogen-bond acceptors (Lipinski definition) is 2. The van der Waals surface area contributed by atoms with Crippen molar-refractivity contribution in [2.24, 2.45) is 0 Å². The molecule has 4 nitrogen and oxygen atoms in total. The van der Waals surface area contributed by atoms with E-state index < -0.39 is 0 Å². The predicted octanol–water partition coefficient (Wildman–Crippen LogP) is 1.79. The fraction of sp³-hybridized carbons (Fsp3) is 0.308. The Morgan fingerprint density at radius 2 is 2.12 bits per heavy atom. The quantitative estimate of drug-likeness (QED) is 0.735. The molecule has 3 N–H and O–H groups in total. The highest BCUT2D eigenvalue weighted by Crippen LogP contribution is 2.30. The van der Waals surface area contributed by atoms with Gasteiger partial charge >= 0.3 is 5.69 Å². The Labute approximate surface area is 99.1 Å². The lowest BCUT2D eigenvalue weighted by Crippen LogP contribution is -2.13. The Morgan fingerprint density at radius 3 is 2.82 bits per heavy atom. The highest BCUT2D eigenvalue weighted by molar-refractivity contribution is 5.63. The van der Waals surface area contributed by atoms with Crippen molar-refractivity contribution in [3.8, 4) is 11.3 Å². The van der Waals surface area contributed by atoms with Crippen LogP contribution in [-0.2, 0) is 0 Å². The number of aromatic amines is 2. The molecule has 1 aromatic carbocycles. The molecule has 2 aromatic rings. The van der Waals surface area contributed by atoms with E-state index in [9.17, 15) is 4.79 Å². The Bertz CT molecular complexity index is 564. The molecule has 1 unspecified atom stereocenters. The largest absolute Gasteiger partial charge is 0.323 e. The number of hydrogen-bond donors (Lipinski definition) is 3. The number of benzene rings is 1. The van der Waals surface area contributed by atoms with Gasteiger partial charge in [-0.15, -0.1) is 0 Å². The van der Waals surface area contributed by atoms with Gasteiger partial charge < -0.3 is 15.3 Å². The van der Waals surface area contributed by atoms with Gasteiger partial charge in [0.25, 0.3) is 0 Å². The van der Waals surface area contributed by atoms with E-state index in [4.69, 9.17) is 0 Å². The molecule has 4 heteroatoms. The second-order valence-electron chi connectivity index (χ2n) is 4.39. The molecule has 88 valence electrons. The van der Waals surface area contributed by atoms with Gasteiger partial charge in [0.1, 0.15) is 0 Å². The third-order valence-corrected chi connectivity index (χ3v) is 3.28. The van der Waals surface area contributed by atoms with Crippen molar-refractivity contribution < 1.29 is 0 Å². The topological polar surface area (TPSA) is 60.7 Å². The maximum atomic E-state index is 11.2. The number of nitrogens with one attached hydrogen (secondary N) is 3. The highest BCUT2D eigenvalue weighted by Gasteiger charge is 2.19. The monoisotopic (exact) mass is 229 g/mol. The van der Waals surface area contributed by atoms with Gasteiger partial charge in [-0.25, -0.2) is 4.79 Å². The number of aromatic nitrogens is 2. The normalized spacial score (nSPS) is 19.6. The molecule has 1 aromatic heterocycles. The number of rotatable bonds is 2. The molecular formula is C13H15N3O. The van der Waals surface area contributed by atoms with Crippen molar-refractivity contribution in [1.29, 1.82) is 0 Å². The first kappa shape index (κ1) is 10.4. The van der Waals surface area contributed by atoms with Crippen molar-refractivity contribution in [2.45, 2.75) is 18.9 Å². The van der Waals surface area contributed by atoms with Crippen LogP contribution in [0.1, 0.15) is 24.4 Å². The minimum atomic E-state index is -0.158. The van der Waals surface area contributed by atoms with Gasteiger partial charge in [-0.05, 0) is 24.9 Å². The summed E-state index contributed by atoms with van der Waals surface area (Å²) in [7, 11) is 0. The summed E-state index contributed by atoms with van der Waals surface area (Å²) in [6.45, 7) is 1.07. The standard InChI is InChI=1S/C13H15N3O/c17-13-15-8-12(16-13)10-5-2-1-4-9(10)11-6-3-7-14-11/h1-2,4-5,8,11,14H,3,6-7H2,(H2,15,16,17). The van der Waals surface area contributed by atoms with Crippen molar-refractivity contribution in [3.63, 3.8) is 0 Å². The molecule has 1 saturated heterocycles. The van der Waals surface area contributed by atoms with E-state index in [1.165, 1.54) is 12.0 Å². The van der Waals surface area contributed by atoms with Gasteiger partial charge in [0.05, 0.1) is 5.69 Å². The molecule has 1 fully saturated rings. The van der Waals surface area contributed by atoms with E-state index in [2.05, 4.69) is 27.4 Å². The molecule has 1 atom stereocenters. The molecule has 17 heavy (non-hydrogen) atoms. The molecule has 0 aliphatic carbocycles. The van der Waals surface area contributed by atoms with Crippen LogP contribution in [0.25, 0.3) is 11.3 Å². The van der Waals surface area contributed by atoms with Crippen molar-refractivity contribution in [3.05, 3.63) is 46.5 Å². The van der Waals surface area contributed by atoms with Gasteiger partial charge in [0, 0.05) is 17.8 Å². The zero-order valence-electron chi connectivity index (χ0n) is 9.49. The van der Waals surface area contributed by atoms with E-state index in [0.717, 1.165) is 24.2 Å². The SMILES string of the molecule is O=c1[nH]cc(-c2ccccc2C2CCCN2)[nH]1. The summed E-state index contributed by atoms with van der Waals surface area (Å²) in [6, 6.07) is 8.63. The molecule has 1 aliphatic heterocycles. The molecule has 3 rings (SSSR count). The molecule has 0 saturated carbocycles. The smallest absolute Gasteiger partial charge is 0.312 e. The van der Waals surface area contributed by atoms with Crippen LogP contribution >= 0.6 is 0 Å². The predicted molar refractivity (Wildman–Crippen MR) is 66.8 cm³/mol. The molecule has 0 radical (unpaired) electrons. The van der Waals surface area contributed by atoms with Crippen molar-refractivity contribution >= 4 is 0 Å². The zero-order chi connectivity index (χ0) is 11.7. The average molecular weight is 229 g/mol. The molecule has 1 aliphatic rings. The van der Waals surface area contributed by atoms with E-state index in [-0.39, 0.29) is 5.69 Å². The van der Waals surface area contributed by atoms with Crippen LogP contribution in [0.5, 0.6) is 0 Å². The highest BCUT2D eigenvalue weighted by atomic mass is 16.1. The van der Waals surface area contributed by atoms with Gasteiger partial charge in [-0.3, -0.25) is 0 Å². The van der Waals surface area contributed by atoms with Crippen LogP contribution in [0.15, 0.2) is 35.3 Å². The van der Waals surface area contributed by atoms with Crippen LogP contribution in [0.4, 0.5) is 0 Å². The van der Waals surface area contributed by atoms with Gasteiger partial charge in [-0.2, -0.15) is 0 Å². The fourth-order valence-electron chi connectivity index (χ4n) is 2.47. The molecule has 0 amide bonds. The third kappa shape index (κ3) is 1.91. The lowest BCUT2D eigenvalue weighted by molar-refractivity contribution is 0.649. The minimum Gasteiger partial charge on any atom is -0.312 e. The summed E-state index contributed by atoms with van der Waals surface area (Å²) < 4.78 is 0. The minimum absolute atomic E-state index is 0.158. The first-order valence-corrected chi connectivity index (χ1v) is 5.95. The summed E-state index contributed by atoms with van der Waals surface area (Å²) in [5.41, 5.74) is 3.07. The van der Waals surface area contributed by atoms with E-state index in [1.807, 2.05) is 12.1 Å². The lowest BCUT2D eigenvalue weighted by atomic mass is 9.97. The molecule has 0 spiro atoms. The maximum Gasteiger partial charge on any atom is 0.323 e. The second kappa shape index (κ2) is 4.22. The average Bonchev–Trinajstić information content (AvgIpc) is 3.00. The summed E-state index contributed by atoms with van der Waals surface area (Å²) in [5.74, 6) is 0. The Morgan fingerprint density at radius 1 is 1.24 bits per heavy atom. The van der Waals surface area contributed by atoms with E-state index >= 15 is 0 Å². The summed E-state index contributed by atoms with van der Waals surface area (Å²) in [6.07, 6.45) is 4.10. The summed E-state index contributed by atoms with van der Waals surface area (Å²) >= 11 is 0. The van der Waals surface area contributed by atoms with Gasteiger partial charge in [-0.1, -0.05) is 24.3 Å². The maximum absolute atomic E-state index is 11.2. The van der Waals surface area contributed by atoms with Crippen LogP contribution in [0.2, 0.25) is 0 Å². The first-order valence-electron chi connectivity index (χ1n) is 5.95. The summed E-state index contributed by atoms with van der Waals surface area (Å²) in [4.78, 5) is 16.6. The van der Waals surface area contributed by atoms with Crippen LogP contribution < -0.4 is 11.0 Å². The van der Waals surface area contributed by atoms with Crippen molar-refractivity contribution in [1.82, 2.24) is 15.3 Å². The van der Waals surface area contributed by atoms with Crippen LogP contribution in [-0.4, -0.2) is 16.5 Å². The van der Waals surface area contributed by atoms with E-state index in [1.54, 1.807) is 6.20 Å². The van der Waals surface area contributed by atoms with Gasteiger partial charge in [0.15, 0.2) is 0 Å². The number of imidazole rings is 1. The Kier molecular flexibility index (Phi) is 2.57. The van der Waals surface area contributed by atoms with Crippen molar-refractivity contribution in [2.75, 3.05) is 6.54 Å². The van der Waals surface area contributed by atoms with Crippen LogP contribution in [0.3, 0.4) is 0 Å².